The van der Waals surface area contributed by atoms with Gasteiger partial charge in [0.1, 0.15) is 5.82 Å². The van der Waals surface area contributed by atoms with E-state index < -0.39 is 8.07 Å². The van der Waals surface area contributed by atoms with Gasteiger partial charge >= 0.3 is 6.98 Å². The summed E-state index contributed by atoms with van der Waals surface area (Å²) >= 11 is 0. The number of benzene rings is 6. The Morgan fingerprint density at radius 1 is 0.702 bits per heavy atom. The van der Waals surface area contributed by atoms with Crippen molar-refractivity contribution in [2.24, 2.45) is 0 Å². The SMILES string of the molecule is CC(C)(C)c1cc(Oc2[c-]c3c(cc2)[Si](C)(C)c2cccc4c2n-3[c-][n+]4-c2ccccc2)[c-]c(N2B3c4ccccc4-c4ccccc4N3c3cccnc32)c1.[Pt]. The van der Waals surface area contributed by atoms with Crippen molar-refractivity contribution in [2.45, 2.75) is 39.3 Å². The first-order valence-corrected chi connectivity index (χ1v) is 22.3. The van der Waals surface area contributed by atoms with Crippen LogP contribution in [0, 0.1) is 18.5 Å². The average molecular weight is 935 g/mol. The van der Waals surface area contributed by atoms with Gasteiger partial charge in [-0.15, -0.1) is 41.1 Å². The first-order chi connectivity index (χ1) is 27.2. The topological polar surface area (TPSA) is 37.4 Å². The molecule has 3 aliphatic heterocycles. The van der Waals surface area contributed by atoms with Gasteiger partial charge in [0.15, 0.2) is 0 Å². The van der Waals surface area contributed by atoms with Crippen LogP contribution in [0.25, 0.3) is 33.5 Å². The van der Waals surface area contributed by atoms with Gasteiger partial charge in [0.2, 0.25) is 0 Å². The van der Waals surface area contributed by atoms with Crippen LogP contribution in [-0.2, 0) is 26.5 Å². The molecule has 8 aromatic rings. The molecule has 9 heteroatoms. The number of ether oxygens (including phenoxy) is 1. The third kappa shape index (κ3) is 5.34. The number of rotatable bonds is 4. The Hall–Kier alpha value is -5.69. The summed E-state index contributed by atoms with van der Waals surface area (Å²) < 4.78 is 11.2. The van der Waals surface area contributed by atoms with Gasteiger partial charge in [0.25, 0.3) is 6.33 Å². The average Bonchev–Trinajstić information content (AvgIpc) is 3.78. The fourth-order valence-corrected chi connectivity index (χ4v) is 11.9. The van der Waals surface area contributed by atoms with Crippen molar-refractivity contribution in [3.63, 3.8) is 0 Å². The predicted molar refractivity (Wildman–Crippen MR) is 229 cm³/mol. The van der Waals surface area contributed by atoms with Gasteiger partial charge in [-0.3, -0.25) is 4.57 Å². The molecule has 6 aromatic carbocycles. The van der Waals surface area contributed by atoms with Crippen molar-refractivity contribution in [3.8, 4) is 34.0 Å². The van der Waals surface area contributed by atoms with Crippen LogP contribution in [0.5, 0.6) is 11.5 Å². The second kappa shape index (κ2) is 12.9. The molecule has 0 saturated heterocycles. The molecule has 6 nitrogen and oxygen atoms in total. The van der Waals surface area contributed by atoms with E-state index in [0.29, 0.717) is 11.5 Å². The van der Waals surface area contributed by atoms with Gasteiger partial charge in [0.05, 0.1) is 22.4 Å². The zero-order valence-corrected chi connectivity index (χ0v) is 35.6. The molecule has 0 saturated carbocycles. The van der Waals surface area contributed by atoms with Gasteiger partial charge in [-0.1, -0.05) is 124 Å². The number of pyridine rings is 1. The molecule has 0 radical (unpaired) electrons. The van der Waals surface area contributed by atoms with Crippen LogP contribution in [0.2, 0.25) is 13.1 Å². The van der Waals surface area contributed by atoms with Crippen LogP contribution in [0.1, 0.15) is 26.3 Å². The number of imidazole rings is 1. The second-order valence-electron chi connectivity index (χ2n) is 16.5. The quantitative estimate of drug-likeness (QED) is 0.101. The van der Waals surface area contributed by atoms with Crippen molar-refractivity contribution in [3.05, 3.63) is 164 Å². The second-order valence-corrected chi connectivity index (χ2v) is 20.9. The monoisotopic (exact) mass is 934 g/mol. The summed E-state index contributed by atoms with van der Waals surface area (Å²) in [6, 6.07) is 54.9. The number of anilines is 4. The summed E-state index contributed by atoms with van der Waals surface area (Å²) in [4.78, 5) is 9.79. The molecule has 0 N–H and O–H groups in total. The van der Waals surface area contributed by atoms with Crippen molar-refractivity contribution in [1.82, 2.24) is 9.55 Å². The van der Waals surface area contributed by atoms with E-state index in [9.17, 15) is 0 Å². The van der Waals surface area contributed by atoms with E-state index in [-0.39, 0.29) is 33.5 Å². The van der Waals surface area contributed by atoms with Gasteiger partial charge in [-0.2, -0.15) is 6.07 Å². The maximum Gasteiger partial charge on any atom is 0.420 e. The van der Waals surface area contributed by atoms with E-state index in [1.807, 2.05) is 12.3 Å². The van der Waals surface area contributed by atoms with Crippen molar-refractivity contribution < 1.29 is 30.4 Å². The number of hydrogen-bond donors (Lipinski definition) is 0. The van der Waals surface area contributed by atoms with Crippen LogP contribution >= 0.6 is 0 Å². The number of aromatic nitrogens is 3. The van der Waals surface area contributed by atoms with Crippen molar-refractivity contribution in [2.75, 3.05) is 9.62 Å². The molecule has 5 heterocycles. The van der Waals surface area contributed by atoms with E-state index in [0.717, 1.165) is 45.3 Å². The number of nitrogens with zero attached hydrogens (tertiary/aromatic N) is 5. The molecule has 0 unspecified atom stereocenters. The molecule has 57 heavy (non-hydrogen) atoms. The fraction of sp³-hybridized carbons (Fsp3) is 0.125. The van der Waals surface area contributed by atoms with Gasteiger partial charge < -0.3 is 18.9 Å². The molecule has 0 atom stereocenters. The van der Waals surface area contributed by atoms with E-state index in [1.165, 1.54) is 32.5 Å². The maximum atomic E-state index is 6.88. The molecule has 0 amide bonds. The molecule has 0 bridgehead atoms. The molecular weight excluding hydrogens is 897 g/mol. The maximum absolute atomic E-state index is 6.88. The zero-order valence-electron chi connectivity index (χ0n) is 32.3. The van der Waals surface area contributed by atoms with E-state index in [1.54, 1.807) is 0 Å². The minimum Gasteiger partial charge on any atom is -0.510 e. The number of hydrogen-bond acceptors (Lipinski definition) is 4. The molecule has 11 rings (SSSR count). The third-order valence-electron chi connectivity index (χ3n) is 11.8. The van der Waals surface area contributed by atoms with E-state index >= 15 is 0 Å². The van der Waals surface area contributed by atoms with Crippen LogP contribution in [0.4, 0.5) is 22.9 Å². The van der Waals surface area contributed by atoms with Gasteiger partial charge in [-0.05, 0) is 52.5 Å². The minimum atomic E-state index is -2.10. The van der Waals surface area contributed by atoms with Crippen LogP contribution in [0.15, 0.2) is 140 Å². The summed E-state index contributed by atoms with van der Waals surface area (Å²) in [5.74, 6) is 2.17. The Bertz CT molecular complexity index is 2900. The van der Waals surface area contributed by atoms with Crippen LogP contribution < -0.4 is 34.8 Å². The first-order valence-electron chi connectivity index (χ1n) is 19.3. The standard InChI is InChI=1S/C48H38BN5OSi.Pt/c1-48(2,3)32-27-34(53-47-42(22-14-26-50-47)54-40-20-12-10-18-38(40)37-17-9-11-19-39(37)49(53)54)29-36(28-32)55-35-24-25-44-43(30-35)52-31-51(33-15-7-6-8-16-33)41-21-13-23-45(46(41)52)56(44,4)5;/h6-28H,1-5H3;/q-2;. The fourth-order valence-electron chi connectivity index (χ4n) is 8.99. The summed E-state index contributed by atoms with van der Waals surface area (Å²) in [7, 11) is -2.10. The normalized spacial score (nSPS) is 14.3. The Morgan fingerprint density at radius 3 is 2.28 bits per heavy atom. The first kappa shape index (κ1) is 35.7. The van der Waals surface area contributed by atoms with Gasteiger partial charge in [0, 0.05) is 58.1 Å². The smallest absolute Gasteiger partial charge is 0.420 e. The van der Waals surface area contributed by atoms with Crippen molar-refractivity contribution in [1.29, 1.82) is 0 Å². The zero-order chi connectivity index (χ0) is 37.9. The summed E-state index contributed by atoms with van der Waals surface area (Å²) in [6.45, 7) is 11.4. The Kier molecular flexibility index (Phi) is 8.09. The molecule has 0 fully saturated rings. The molecule has 0 aliphatic carbocycles. The third-order valence-corrected chi connectivity index (χ3v) is 15.3. The number of fused-ring (bicyclic) bond motifs is 10. The predicted octanol–water partition coefficient (Wildman–Crippen LogP) is 8.59. The Morgan fingerprint density at radius 2 is 1.46 bits per heavy atom. The van der Waals surface area contributed by atoms with Gasteiger partial charge in [-0.25, -0.2) is 4.98 Å². The molecule has 0 spiro atoms. The van der Waals surface area contributed by atoms with E-state index in [2.05, 4.69) is 198 Å². The van der Waals surface area contributed by atoms with Crippen LogP contribution in [-0.4, -0.2) is 24.6 Å². The molecule has 3 aliphatic rings. The number of para-hydroxylation sites is 3. The summed E-state index contributed by atoms with van der Waals surface area (Å²) in [5.41, 5.74) is 12.2. The van der Waals surface area contributed by atoms with E-state index in [4.69, 9.17) is 9.72 Å². The summed E-state index contributed by atoms with van der Waals surface area (Å²) in [5, 5.41) is 2.70. The Labute approximate surface area is 349 Å². The summed E-state index contributed by atoms with van der Waals surface area (Å²) in [6.07, 6.45) is 5.59. The Balaban J connectivity index is 0.00000396. The van der Waals surface area contributed by atoms with Crippen LogP contribution in [0.3, 0.4) is 0 Å². The molecular formula is C48H38BN5OPtSi-2. The minimum absolute atomic E-state index is 0. The largest absolute Gasteiger partial charge is 0.510 e. The molecule has 2 aromatic heterocycles. The molecule has 280 valence electrons. The van der Waals surface area contributed by atoms with Crippen molar-refractivity contribution >= 4 is 64.8 Å².